The Morgan fingerprint density at radius 1 is 1.00 bits per heavy atom. The molecular weight excluding hydrogens is 416 g/mol. The minimum atomic E-state index is -3.44. The van der Waals surface area contributed by atoms with Gasteiger partial charge >= 0.3 is 0 Å². The molecule has 9 nitrogen and oxygen atoms in total. The Bertz CT molecular complexity index is 1380. The summed E-state index contributed by atoms with van der Waals surface area (Å²) in [6.45, 7) is 1.45. The van der Waals surface area contributed by atoms with E-state index in [2.05, 4.69) is 25.4 Å². The standard InChI is InChI=1S/C21H20N6O3S/c1-14(28)23-15-6-5-7-16(12-15)24-21-22-13-17-10-11-20(27(17)25-21)18-8-3-4-9-19(18)26-31(2,29)30/h3-13,26H,1-2H3,(H,23,28)(H,24,25). The molecule has 2 aromatic heterocycles. The van der Waals surface area contributed by atoms with Gasteiger partial charge in [-0.15, -0.1) is 5.10 Å². The number of sulfonamides is 1. The molecule has 2 aromatic carbocycles. The molecule has 2 heterocycles. The zero-order valence-corrected chi connectivity index (χ0v) is 17.6. The second-order valence-corrected chi connectivity index (χ2v) is 8.69. The highest BCUT2D eigenvalue weighted by Crippen LogP contribution is 2.30. The van der Waals surface area contributed by atoms with E-state index in [1.807, 2.05) is 30.3 Å². The number of amides is 1. The first kappa shape index (κ1) is 20.4. The van der Waals surface area contributed by atoms with Gasteiger partial charge in [0.2, 0.25) is 21.9 Å². The predicted octanol–water partition coefficient (Wildman–Crippen LogP) is 3.47. The Balaban J connectivity index is 1.71. The van der Waals surface area contributed by atoms with Gasteiger partial charge in [-0.1, -0.05) is 24.3 Å². The van der Waals surface area contributed by atoms with E-state index in [1.54, 1.807) is 41.0 Å². The summed E-state index contributed by atoms with van der Waals surface area (Å²) in [6.07, 6.45) is 2.78. The maximum atomic E-state index is 11.8. The fourth-order valence-corrected chi connectivity index (χ4v) is 3.74. The van der Waals surface area contributed by atoms with Crippen molar-refractivity contribution in [3.8, 4) is 11.3 Å². The fourth-order valence-electron chi connectivity index (χ4n) is 3.17. The molecule has 0 aliphatic carbocycles. The van der Waals surface area contributed by atoms with Crippen molar-refractivity contribution in [2.45, 2.75) is 6.92 Å². The van der Waals surface area contributed by atoms with Crippen LogP contribution >= 0.6 is 0 Å². The van der Waals surface area contributed by atoms with Crippen molar-refractivity contribution in [1.82, 2.24) is 14.6 Å². The lowest BCUT2D eigenvalue weighted by atomic mass is 10.1. The fraction of sp³-hybridized carbons (Fsp3) is 0.0952. The highest BCUT2D eigenvalue weighted by atomic mass is 32.2. The van der Waals surface area contributed by atoms with E-state index in [-0.39, 0.29) is 5.91 Å². The van der Waals surface area contributed by atoms with Crippen molar-refractivity contribution in [2.75, 3.05) is 21.6 Å². The van der Waals surface area contributed by atoms with E-state index in [0.29, 0.717) is 34.3 Å². The molecule has 0 saturated heterocycles. The third-order valence-corrected chi connectivity index (χ3v) is 4.93. The molecule has 0 spiro atoms. The number of nitrogens with one attached hydrogen (secondary N) is 3. The second kappa shape index (κ2) is 8.07. The number of rotatable bonds is 6. The molecule has 0 unspecified atom stereocenters. The van der Waals surface area contributed by atoms with Gasteiger partial charge < -0.3 is 10.6 Å². The van der Waals surface area contributed by atoms with Crippen molar-refractivity contribution in [1.29, 1.82) is 0 Å². The number of carbonyl (C=O) groups excluding carboxylic acids is 1. The van der Waals surface area contributed by atoms with Crippen LogP contribution in [0.3, 0.4) is 0 Å². The Hall–Kier alpha value is -3.92. The van der Waals surface area contributed by atoms with Gasteiger partial charge in [-0.05, 0) is 36.4 Å². The number of nitrogens with zero attached hydrogens (tertiary/aromatic N) is 3. The Morgan fingerprint density at radius 2 is 1.77 bits per heavy atom. The van der Waals surface area contributed by atoms with Crippen LogP contribution in [-0.4, -0.2) is 35.2 Å². The van der Waals surface area contributed by atoms with E-state index in [4.69, 9.17) is 0 Å². The molecule has 0 radical (unpaired) electrons. The van der Waals surface area contributed by atoms with Crippen molar-refractivity contribution in [3.05, 3.63) is 66.9 Å². The lowest BCUT2D eigenvalue weighted by molar-refractivity contribution is -0.114. The topological polar surface area (TPSA) is 117 Å². The predicted molar refractivity (Wildman–Crippen MR) is 121 cm³/mol. The minimum absolute atomic E-state index is 0.159. The molecule has 0 fully saturated rings. The first-order chi connectivity index (χ1) is 14.8. The van der Waals surface area contributed by atoms with Crippen LogP contribution in [0.2, 0.25) is 0 Å². The molecule has 10 heteroatoms. The molecule has 4 rings (SSSR count). The van der Waals surface area contributed by atoms with Crippen molar-refractivity contribution in [3.63, 3.8) is 0 Å². The molecule has 4 aromatic rings. The van der Waals surface area contributed by atoms with E-state index >= 15 is 0 Å². The summed E-state index contributed by atoms with van der Waals surface area (Å²) in [7, 11) is -3.44. The van der Waals surface area contributed by atoms with Gasteiger partial charge in [0.15, 0.2) is 0 Å². The lowest BCUT2D eigenvalue weighted by Gasteiger charge is -2.11. The monoisotopic (exact) mass is 436 g/mol. The normalized spacial score (nSPS) is 11.3. The van der Waals surface area contributed by atoms with Crippen LogP contribution in [0.5, 0.6) is 0 Å². The Kier molecular flexibility index (Phi) is 5.30. The van der Waals surface area contributed by atoms with Crippen LogP contribution in [0.25, 0.3) is 16.8 Å². The van der Waals surface area contributed by atoms with Crippen molar-refractivity contribution < 1.29 is 13.2 Å². The summed E-state index contributed by atoms with van der Waals surface area (Å²) < 4.78 is 27.8. The highest BCUT2D eigenvalue weighted by molar-refractivity contribution is 7.92. The van der Waals surface area contributed by atoms with E-state index in [9.17, 15) is 13.2 Å². The molecule has 3 N–H and O–H groups in total. The van der Waals surface area contributed by atoms with Crippen LogP contribution in [0.4, 0.5) is 23.0 Å². The average Bonchev–Trinajstić information content (AvgIpc) is 3.10. The average molecular weight is 436 g/mol. The third kappa shape index (κ3) is 4.81. The summed E-state index contributed by atoms with van der Waals surface area (Å²) >= 11 is 0. The second-order valence-electron chi connectivity index (χ2n) is 6.94. The molecular formula is C21H20N6O3S. The molecule has 0 bridgehead atoms. The molecule has 31 heavy (non-hydrogen) atoms. The largest absolute Gasteiger partial charge is 0.326 e. The Morgan fingerprint density at radius 3 is 2.55 bits per heavy atom. The number of para-hydroxylation sites is 1. The highest BCUT2D eigenvalue weighted by Gasteiger charge is 2.13. The number of carbonyl (C=O) groups is 1. The zero-order chi connectivity index (χ0) is 22.0. The minimum Gasteiger partial charge on any atom is -0.326 e. The third-order valence-electron chi connectivity index (χ3n) is 4.34. The van der Waals surface area contributed by atoms with Gasteiger partial charge in [0.05, 0.1) is 29.4 Å². The quantitative estimate of drug-likeness (QED) is 0.426. The summed E-state index contributed by atoms with van der Waals surface area (Å²) in [5, 5.41) is 10.4. The number of hydrogen-bond acceptors (Lipinski definition) is 6. The van der Waals surface area contributed by atoms with E-state index in [1.165, 1.54) is 6.92 Å². The number of benzene rings is 2. The number of fused-ring (bicyclic) bond motifs is 1. The van der Waals surface area contributed by atoms with Crippen LogP contribution < -0.4 is 15.4 Å². The maximum Gasteiger partial charge on any atom is 0.245 e. The van der Waals surface area contributed by atoms with E-state index in [0.717, 1.165) is 11.8 Å². The SMILES string of the molecule is CC(=O)Nc1cccc(Nc2ncc3ccc(-c4ccccc4NS(C)(=O)=O)n3n2)c1. The summed E-state index contributed by atoms with van der Waals surface area (Å²) in [5.74, 6) is 0.187. The molecule has 0 saturated carbocycles. The number of hydrogen-bond donors (Lipinski definition) is 3. The number of anilines is 4. The molecule has 0 aliphatic rings. The Labute approximate surface area is 179 Å². The van der Waals surface area contributed by atoms with Crippen LogP contribution in [0.15, 0.2) is 66.9 Å². The summed E-state index contributed by atoms with van der Waals surface area (Å²) in [5.41, 5.74) is 3.96. The summed E-state index contributed by atoms with van der Waals surface area (Å²) in [6, 6.07) is 18.0. The lowest BCUT2D eigenvalue weighted by Crippen LogP contribution is -2.11. The van der Waals surface area contributed by atoms with E-state index < -0.39 is 10.0 Å². The first-order valence-electron chi connectivity index (χ1n) is 9.35. The molecule has 158 valence electrons. The first-order valence-corrected chi connectivity index (χ1v) is 11.2. The molecule has 0 aliphatic heterocycles. The molecule has 0 atom stereocenters. The zero-order valence-electron chi connectivity index (χ0n) is 16.8. The van der Waals surface area contributed by atoms with Crippen molar-refractivity contribution >= 4 is 44.5 Å². The van der Waals surface area contributed by atoms with Gasteiger partial charge in [0, 0.05) is 23.9 Å². The van der Waals surface area contributed by atoms with Gasteiger partial charge in [0.1, 0.15) is 0 Å². The summed E-state index contributed by atoms with van der Waals surface area (Å²) in [4.78, 5) is 15.6. The number of aromatic nitrogens is 3. The molecule has 1 amide bonds. The van der Waals surface area contributed by atoms with Gasteiger partial charge in [-0.25, -0.2) is 17.9 Å². The van der Waals surface area contributed by atoms with Gasteiger partial charge in [0.25, 0.3) is 0 Å². The van der Waals surface area contributed by atoms with Crippen LogP contribution in [0, 0.1) is 0 Å². The maximum absolute atomic E-state index is 11.8. The smallest absolute Gasteiger partial charge is 0.245 e. The van der Waals surface area contributed by atoms with Crippen LogP contribution in [-0.2, 0) is 14.8 Å². The van der Waals surface area contributed by atoms with Crippen LogP contribution in [0.1, 0.15) is 6.92 Å². The van der Waals surface area contributed by atoms with Gasteiger partial charge in [-0.3, -0.25) is 9.52 Å². The van der Waals surface area contributed by atoms with Gasteiger partial charge in [-0.2, -0.15) is 0 Å². The van der Waals surface area contributed by atoms with Crippen molar-refractivity contribution in [2.24, 2.45) is 0 Å².